The monoisotopic (exact) mass is 247 g/mol. The zero-order valence-electron chi connectivity index (χ0n) is 10.7. The molecular weight excluding hydrogens is 229 g/mol. The van der Waals surface area contributed by atoms with Crippen molar-refractivity contribution in [3.05, 3.63) is 53.9 Å². The van der Waals surface area contributed by atoms with Crippen molar-refractivity contribution in [1.29, 1.82) is 0 Å². The zero-order valence-corrected chi connectivity index (χ0v) is 10.7. The summed E-state index contributed by atoms with van der Waals surface area (Å²) in [6.07, 6.45) is 4.60. The summed E-state index contributed by atoms with van der Waals surface area (Å²) in [5.41, 5.74) is 0.967. The fourth-order valence-corrected chi connectivity index (χ4v) is 1.93. The van der Waals surface area contributed by atoms with E-state index in [-0.39, 0.29) is 11.9 Å². The van der Waals surface area contributed by atoms with Crippen LogP contribution in [0.25, 0.3) is 0 Å². The highest BCUT2D eigenvalue weighted by Gasteiger charge is 2.06. The normalized spacial score (nSPS) is 12.6. The second kappa shape index (κ2) is 5.78. The van der Waals surface area contributed by atoms with E-state index in [1.807, 2.05) is 30.8 Å². The van der Waals surface area contributed by atoms with Crippen molar-refractivity contribution >= 4 is 0 Å². The Kier molecular flexibility index (Phi) is 4.10. The van der Waals surface area contributed by atoms with Gasteiger partial charge in [0.25, 0.3) is 0 Å². The molecule has 2 rings (SSSR count). The Morgan fingerprint density at radius 1 is 1.44 bits per heavy atom. The van der Waals surface area contributed by atoms with E-state index >= 15 is 0 Å². The molecule has 1 aromatic carbocycles. The molecule has 0 saturated carbocycles. The fraction of sp³-hybridized carbons (Fsp3) is 0.357. The third kappa shape index (κ3) is 3.17. The summed E-state index contributed by atoms with van der Waals surface area (Å²) in [5, 5.41) is 3.37. The van der Waals surface area contributed by atoms with Crippen molar-refractivity contribution in [3.63, 3.8) is 0 Å². The van der Waals surface area contributed by atoms with Gasteiger partial charge in [-0.25, -0.2) is 9.37 Å². The van der Waals surface area contributed by atoms with E-state index in [1.54, 1.807) is 18.3 Å². The number of halogens is 1. The molecule has 0 radical (unpaired) electrons. The minimum atomic E-state index is -0.190. The number of hydrogen-bond acceptors (Lipinski definition) is 2. The van der Waals surface area contributed by atoms with Crippen molar-refractivity contribution in [2.24, 2.45) is 7.05 Å². The van der Waals surface area contributed by atoms with Crippen LogP contribution in [0.3, 0.4) is 0 Å². The van der Waals surface area contributed by atoms with Gasteiger partial charge >= 0.3 is 0 Å². The summed E-state index contributed by atoms with van der Waals surface area (Å²) in [7, 11) is 1.98. The van der Waals surface area contributed by atoms with Gasteiger partial charge in [-0.2, -0.15) is 0 Å². The lowest BCUT2D eigenvalue weighted by atomic mass is 10.1. The van der Waals surface area contributed by atoms with Crippen LogP contribution in [0.1, 0.15) is 24.4 Å². The maximum atomic E-state index is 13.1. The first-order valence-electron chi connectivity index (χ1n) is 6.12. The van der Waals surface area contributed by atoms with Crippen LogP contribution in [0.5, 0.6) is 0 Å². The standard InChI is InChI=1S/C14H18FN3/c1-11(12-4-3-5-13(15)10-12)16-7-6-14-17-8-9-18(14)2/h3-5,8-11,16H,6-7H2,1-2H3/t11-/m0/s1. The van der Waals surface area contributed by atoms with Crippen molar-refractivity contribution < 1.29 is 4.39 Å². The van der Waals surface area contributed by atoms with E-state index < -0.39 is 0 Å². The van der Waals surface area contributed by atoms with E-state index in [2.05, 4.69) is 10.3 Å². The summed E-state index contributed by atoms with van der Waals surface area (Å²) in [6, 6.07) is 6.84. The number of nitrogens with one attached hydrogen (secondary N) is 1. The van der Waals surface area contributed by atoms with Crippen LogP contribution in [0.15, 0.2) is 36.7 Å². The van der Waals surface area contributed by atoms with Crippen molar-refractivity contribution in [1.82, 2.24) is 14.9 Å². The Morgan fingerprint density at radius 3 is 2.94 bits per heavy atom. The molecule has 0 bridgehead atoms. The molecule has 0 spiro atoms. The van der Waals surface area contributed by atoms with Gasteiger partial charge in [-0.15, -0.1) is 0 Å². The predicted octanol–water partition coefficient (Wildman–Crippen LogP) is 2.45. The number of benzene rings is 1. The summed E-state index contributed by atoms with van der Waals surface area (Å²) in [6.45, 7) is 2.86. The van der Waals surface area contributed by atoms with Crippen LogP contribution in [0.2, 0.25) is 0 Å². The van der Waals surface area contributed by atoms with Crippen LogP contribution < -0.4 is 5.32 Å². The average Bonchev–Trinajstić information content (AvgIpc) is 2.75. The Balaban J connectivity index is 1.85. The maximum absolute atomic E-state index is 13.1. The molecule has 0 saturated heterocycles. The molecule has 0 amide bonds. The quantitative estimate of drug-likeness (QED) is 0.879. The first-order chi connectivity index (χ1) is 8.66. The Bertz CT molecular complexity index is 507. The van der Waals surface area contributed by atoms with E-state index in [1.165, 1.54) is 6.07 Å². The Labute approximate surface area is 107 Å². The SMILES string of the molecule is C[C@H](NCCc1nccn1C)c1cccc(F)c1. The molecule has 0 aliphatic rings. The number of imidazole rings is 1. The number of aromatic nitrogens is 2. The maximum Gasteiger partial charge on any atom is 0.123 e. The molecule has 0 fully saturated rings. The number of nitrogens with zero attached hydrogens (tertiary/aromatic N) is 2. The molecule has 1 heterocycles. The lowest BCUT2D eigenvalue weighted by molar-refractivity contribution is 0.557. The predicted molar refractivity (Wildman–Crippen MR) is 69.7 cm³/mol. The summed E-state index contributed by atoms with van der Waals surface area (Å²) in [4.78, 5) is 4.26. The van der Waals surface area contributed by atoms with Crippen LogP contribution in [0.4, 0.5) is 4.39 Å². The van der Waals surface area contributed by atoms with Gasteiger partial charge in [-0.1, -0.05) is 12.1 Å². The van der Waals surface area contributed by atoms with Gasteiger partial charge in [-0.3, -0.25) is 0 Å². The molecule has 18 heavy (non-hydrogen) atoms. The summed E-state index contributed by atoms with van der Waals surface area (Å²) >= 11 is 0. The first-order valence-corrected chi connectivity index (χ1v) is 6.12. The van der Waals surface area contributed by atoms with Crippen molar-refractivity contribution in [3.8, 4) is 0 Å². The van der Waals surface area contributed by atoms with Gasteiger partial charge in [-0.05, 0) is 24.6 Å². The third-order valence-electron chi connectivity index (χ3n) is 3.07. The van der Waals surface area contributed by atoms with E-state index in [0.717, 1.165) is 24.4 Å². The van der Waals surface area contributed by atoms with Gasteiger partial charge in [0.05, 0.1) is 0 Å². The lowest BCUT2D eigenvalue weighted by Crippen LogP contribution is -2.22. The van der Waals surface area contributed by atoms with Gasteiger partial charge < -0.3 is 9.88 Å². The molecule has 0 aliphatic heterocycles. The van der Waals surface area contributed by atoms with Crippen LogP contribution >= 0.6 is 0 Å². The van der Waals surface area contributed by atoms with Gasteiger partial charge in [0.1, 0.15) is 11.6 Å². The highest BCUT2D eigenvalue weighted by molar-refractivity contribution is 5.19. The minimum absolute atomic E-state index is 0.140. The number of hydrogen-bond donors (Lipinski definition) is 1. The van der Waals surface area contributed by atoms with E-state index in [4.69, 9.17) is 0 Å². The molecule has 3 nitrogen and oxygen atoms in total. The molecule has 0 unspecified atom stereocenters. The Morgan fingerprint density at radius 2 is 2.28 bits per heavy atom. The van der Waals surface area contributed by atoms with Gasteiger partial charge in [0.2, 0.25) is 0 Å². The van der Waals surface area contributed by atoms with Crippen LogP contribution in [-0.2, 0) is 13.5 Å². The summed E-state index contributed by atoms with van der Waals surface area (Å²) < 4.78 is 15.1. The van der Waals surface area contributed by atoms with E-state index in [0.29, 0.717) is 0 Å². The molecule has 1 atom stereocenters. The second-order valence-electron chi connectivity index (χ2n) is 4.44. The molecule has 1 aromatic heterocycles. The topological polar surface area (TPSA) is 29.9 Å². The van der Waals surface area contributed by atoms with Crippen molar-refractivity contribution in [2.75, 3.05) is 6.54 Å². The fourth-order valence-electron chi connectivity index (χ4n) is 1.93. The highest BCUT2D eigenvalue weighted by Crippen LogP contribution is 2.13. The van der Waals surface area contributed by atoms with Crippen LogP contribution in [0, 0.1) is 5.82 Å². The molecule has 1 N–H and O–H groups in total. The van der Waals surface area contributed by atoms with Crippen molar-refractivity contribution in [2.45, 2.75) is 19.4 Å². The molecule has 96 valence electrons. The molecule has 0 aliphatic carbocycles. The smallest absolute Gasteiger partial charge is 0.123 e. The third-order valence-corrected chi connectivity index (χ3v) is 3.07. The van der Waals surface area contributed by atoms with Gasteiger partial charge in [0, 0.05) is 38.4 Å². The van der Waals surface area contributed by atoms with E-state index in [9.17, 15) is 4.39 Å². The zero-order chi connectivity index (χ0) is 13.0. The number of aryl methyl sites for hydroxylation is 1. The minimum Gasteiger partial charge on any atom is -0.338 e. The number of rotatable bonds is 5. The largest absolute Gasteiger partial charge is 0.338 e. The van der Waals surface area contributed by atoms with Crippen LogP contribution in [-0.4, -0.2) is 16.1 Å². The first kappa shape index (κ1) is 12.8. The average molecular weight is 247 g/mol. The lowest BCUT2D eigenvalue weighted by Gasteiger charge is -2.14. The Hall–Kier alpha value is -1.68. The second-order valence-corrected chi connectivity index (χ2v) is 4.44. The molecule has 4 heteroatoms. The highest BCUT2D eigenvalue weighted by atomic mass is 19.1. The molecule has 2 aromatic rings. The molecular formula is C14H18FN3. The summed E-state index contributed by atoms with van der Waals surface area (Å²) in [5.74, 6) is 0.860. The van der Waals surface area contributed by atoms with Gasteiger partial charge in [0.15, 0.2) is 0 Å².